The van der Waals surface area contributed by atoms with Crippen LogP contribution in [0.25, 0.3) is 0 Å². The predicted octanol–water partition coefficient (Wildman–Crippen LogP) is 2.78. The minimum absolute atomic E-state index is 0.0585. The molecule has 0 heterocycles. The zero-order chi connectivity index (χ0) is 14.6. The van der Waals surface area contributed by atoms with E-state index in [1.165, 1.54) is 0 Å². The molecule has 0 bridgehead atoms. The lowest BCUT2D eigenvalue weighted by Gasteiger charge is -2.16. The highest BCUT2D eigenvalue weighted by molar-refractivity contribution is 7.89. The Hall–Kier alpha value is -1.07. The average Bonchev–Trinajstić information content (AvgIpc) is 2.30. The first-order valence-electron chi connectivity index (χ1n) is 6.49. The second-order valence-corrected chi connectivity index (χ2v) is 6.58. The molecule has 0 radical (unpaired) electrons. The molecule has 4 nitrogen and oxygen atoms in total. The van der Waals surface area contributed by atoms with E-state index in [2.05, 4.69) is 4.72 Å². The second kappa shape index (κ2) is 6.39. The molecule has 0 saturated carbocycles. The Morgan fingerprint density at radius 1 is 1.26 bits per heavy atom. The quantitative estimate of drug-likeness (QED) is 0.874. The zero-order valence-corrected chi connectivity index (χ0v) is 13.1. The molecule has 0 aliphatic rings. The molecule has 19 heavy (non-hydrogen) atoms. The molecule has 1 atom stereocenters. The summed E-state index contributed by atoms with van der Waals surface area (Å²) in [4.78, 5) is 0.328. The maximum absolute atomic E-state index is 12.3. The van der Waals surface area contributed by atoms with E-state index in [9.17, 15) is 8.42 Å². The summed E-state index contributed by atoms with van der Waals surface area (Å²) in [6.07, 6.45) is 1.78. The molecule has 1 N–H and O–H groups in total. The third-order valence-corrected chi connectivity index (χ3v) is 4.79. The van der Waals surface area contributed by atoms with Gasteiger partial charge in [0.05, 0.1) is 12.0 Å². The molecule has 0 saturated heterocycles. The Labute approximate surface area is 116 Å². The molecule has 0 aliphatic carbocycles. The summed E-state index contributed by atoms with van der Waals surface area (Å²) >= 11 is 0. The molecule has 1 rings (SSSR count). The van der Waals surface area contributed by atoms with Crippen LogP contribution in [-0.4, -0.2) is 21.6 Å². The van der Waals surface area contributed by atoms with Crippen LogP contribution in [0.1, 0.15) is 37.8 Å². The van der Waals surface area contributed by atoms with E-state index in [0.29, 0.717) is 16.2 Å². The van der Waals surface area contributed by atoms with E-state index in [1.807, 2.05) is 20.8 Å². The van der Waals surface area contributed by atoms with Crippen LogP contribution >= 0.6 is 0 Å². The van der Waals surface area contributed by atoms with Crippen molar-refractivity contribution in [1.82, 2.24) is 4.72 Å². The zero-order valence-electron chi connectivity index (χ0n) is 12.3. The summed E-state index contributed by atoms with van der Waals surface area (Å²) in [5.74, 6) is 0.707. The standard InChI is InChI=1S/C14H23NO3S/c1-6-7-12(4)15-19(16,17)14-9-10(2)13(18-5)8-11(14)3/h8-9,12,15H,6-7H2,1-5H3/t12-/m0/s1. The summed E-state index contributed by atoms with van der Waals surface area (Å²) in [7, 11) is -1.88. The number of ether oxygens (including phenoxy) is 1. The van der Waals surface area contributed by atoms with Crippen molar-refractivity contribution in [2.75, 3.05) is 7.11 Å². The third-order valence-electron chi connectivity index (χ3n) is 3.06. The van der Waals surface area contributed by atoms with Crippen LogP contribution in [0.5, 0.6) is 5.75 Å². The summed E-state index contributed by atoms with van der Waals surface area (Å²) < 4.78 is 32.6. The molecular formula is C14H23NO3S. The van der Waals surface area contributed by atoms with E-state index in [0.717, 1.165) is 18.4 Å². The number of benzene rings is 1. The topological polar surface area (TPSA) is 55.4 Å². The lowest BCUT2D eigenvalue weighted by Crippen LogP contribution is -2.32. The van der Waals surface area contributed by atoms with Gasteiger partial charge in [0.2, 0.25) is 10.0 Å². The Balaban J connectivity index is 3.11. The van der Waals surface area contributed by atoms with Crippen LogP contribution in [0.4, 0.5) is 0 Å². The fourth-order valence-corrected chi connectivity index (χ4v) is 3.68. The highest BCUT2D eigenvalue weighted by atomic mass is 32.2. The lowest BCUT2D eigenvalue weighted by atomic mass is 10.1. The van der Waals surface area contributed by atoms with E-state index in [4.69, 9.17) is 4.74 Å². The van der Waals surface area contributed by atoms with Gasteiger partial charge >= 0.3 is 0 Å². The van der Waals surface area contributed by atoms with Crippen LogP contribution in [0.2, 0.25) is 0 Å². The molecule has 0 fully saturated rings. The van der Waals surface area contributed by atoms with Crippen molar-refractivity contribution in [1.29, 1.82) is 0 Å². The van der Waals surface area contributed by atoms with Crippen LogP contribution in [0.3, 0.4) is 0 Å². The second-order valence-electron chi connectivity index (χ2n) is 4.90. The van der Waals surface area contributed by atoms with Crippen molar-refractivity contribution in [3.05, 3.63) is 23.3 Å². The number of hydrogen-bond acceptors (Lipinski definition) is 3. The smallest absolute Gasteiger partial charge is 0.241 e. The van der Waals surface area contributed by atoms with Gasteiger partial charge in [0.1, 0.15) is 5.75 Å². The van der Waals surface area contributed by atoms with Gasteiger partial charge in [-0.15, -0.1) is 0 Å². The van der Waals surface area contributed by atoms with Crippen LogP contribution in [-0.2, 0) is 10.0 Å². The van der Waals surface area contributed by atoms with Crippen molar-refractivity contribution in [3.8, 4) is 5.75 Å². The molecule has 0 spiro atoms. The number of aryl methyl sites for hydroxylation is 2. The van der Waals surface area contributed by atoms with Crippen LogP contribution < -0.4 is 9.46 Å². The van der Waals surface area contributed by atoms with Gasteiger partial charge in [-0.05, 0) is 50.5 Å². The summed E-state index contributed by atoms with van der Waals surface area (Å²) in [5.41, 5.74) is 1.51. The van der Waals surface area contributed by atoms with Gasteiger partial charge in [0, 0.05) is 6.04 Å². The van der Waals surface area contributed by atoms with Gasteiger partial charge < -0.3 is 4.74 Å². The van der Waals surface area contributed by atoms with E-state index >= 15 is 0 Å². The Morgan fingerprint density at radius 3 is 2.42 bits per heavy atom. The predicted molar refractivity (Wildman–Crippen MR) is 77.2 cm³/mol. The van der Waals surface area contributed by atoms with Crippen molar-refractivity contribution in [2.24, 2.45) is 0 Å². The molecule has 1 aromatic carbocycles. The van der Waals surface area contributed by atoms with Crippen molar-refractivity contribution < 1.29 is 13.2 Å². The average molecular weight is 285 g/mol. The van der Waals surface area contributed by atoms with Gasteiger partial charge in [-0.25, -0.2) is 13.1 Å². The van der Waals surface area contributed by atoms with E-state index in [1.54, 1.807) is 26.2 Å². The monoisotopic (exact) mass is 285 g/mol. The van der Waals surface area contributed by atoms with E-state index < -0.39 is 10.0 Å². The van der Waals surface area contributed by atoms with E-state index in [-0.39, 0.29) is 6.04 Å². The lowest BCUT2D eigenvalue weighted by molar-refractivity contribution is 0.411. The number of rotatable bonds is 6. The molecule has 1 aromatic rings. The van der Waals surface area contributed by atoms with Gasteiger partial charge in [-0.2, -0.15) is 0 Å². The Morgan fingerprint density at radius 2 is 1.89 bits per heavy atom. The molecule has 108 valence electrons. The number of sulfonamides is 1. The first-order valence-corrected chi connectivity index (χ1v) is 7.97. The Kier molecular flexibility index (Phi) is 5.38. The maximum atomic E-state index is 12.3. The van der Waals surface area contributed by atoms with Crippen LogP contribution in [0, 0.1) is 13.8 Å². The van der Waals surface area contributed by atoms with Crippen molar-refractivity contribution in [2.45, 2.75) is 51.5 Å². The highest BCUT2D eigenvalue weighted by Crippen LogP contribution is 2.25. The molecule has 0 amide bonds. The largest absolute Gasteiger partial charge is 0.496 e. The molecule has 5 heteroatoms. The summed E-state index contributed by atoms with van der Waals surface area (Å²) in [6, 6.07) is 3.36. The van der Waals surface area contributed by atoms with Gasteiger partial charge in [0.25, 0.3) is 0 Å². The first-order chi connectivity index (χ1) is 8.81. The fraction of sp³-hybridized carbons (Fsp3) is 0.571. The maximum Gasteiger partial charge on any atom is 0.241 e. The number of hydrogen-bond donors (Lipinski definition) is 1. The molecular weight excluding hydrogens is 262 g/mol. The Bertz CT molecular complexity index is 538. The minimum Gasteiger partial charge on any atom is -0.496 e. The first kappa shape index (κ1) is 16.0. The van der Waals surface area contributed by atoms with Crippen LogP contribution in [0.15, 0.2) is 17.0 Å². The van der Waals surface area contributed by atoms with Crippen molar-refractivity contribution >= 4 is 10.0 Å². The highest BCUT2D eigenvalue weighted by Gasteiger charge is 2.20. The molecule has 0 aromatic heterocycles. The normalized spacial score (nSPS) is 13.3. The SMILES string of the molecule is CCC[C@H](C)NS(=O)(=O)c1cc(C)c(OC)cc1C. The van der Waals surface area contributed by atoms with Gasteiger partial charge in [-0.3, -0.25) is 0 Å². The fourth-order valence-electron chi connectivity index (χ4n) is 2.09. The minimum atomic E-state index is -3.47. The number of nitrogens with one attached hydrogen (secondary N) is 1. The van der Waals surface area contributed by atoms with Crippen molar-refractivity contribution in [3.63, 3.8) is 0 Å². The van der Waals surface area contributed by atoms with Gasteiger partial charge in [0.15, 0.2) is 0 Å². The summed E-state index contributed by atoms with van der Waals surface area (Å²) in [5, 5.41) is 0. The summed E-state index contributed by atoms with van der Waals surface area (Å²) in [6.45, 7) is 7.54. The molecule has 0 unspecified atom stereocenters. The third kappa shape index (κ3) is 3.94. The molecule has 0 aliphatic heterocycles. The number of methoxy groups -OCH3 is 1. The van der Waals surface area contributed by atoms with Gasteiger partial charge in [-0.1, -0.05) is 13.3 Å².